The predicted molar refractivity (Wildman–Crippen MR) is 122 cm³/mol. The second-order valence-electron chi connectivity index (χ2n) is 6.87. The van der Waals surface area contributed by atoms with E-state index in [-0.39, 0.29) is 11.2 Å². The third kappa shape index (κ3) is 4.08. The van der Waals surface area contributed by atoms with Crippen LogP contribution in [0.2, 0.25) is 5.02 Å². The van der Waals surface area contributed by atoms with Crippen molar-refractivity contribution in [3.63, 3.8) is 0 Å². The van der Waals surface area contributed by atoms with Gasteiger partial charge in [-0.25, -0.2) is 0 Å². The van der Waals surface area contributed by atoms with E-state index in [0.717, 1.165) is 33.6 Å². The number of thioether (sulfide) groups is 1. The molecule has 30 heavy (non-hydrogen) atoms. The van der Waals surface area contributed by atoms with Gasteiger partial charge in [-0.15, -0.1) is 10.2 Å². The number of aryl methyl sites for hydroxylation is 1. The smallest absolute Gasteiger partial charge is 0.237 e. The first-order valence-electron chi connectivity index (χ1n) is 9.60. The van der Waals surface area contributed by atoms with Crippen LogP contribution in [0.25, 0.3) is 16.6 Å². The lowest BCUT2D eigenvalue weighted by Crippen LogP contribution is -2.22. The molecule has 1 atom stereocenters. The minimum absolute atomic E-state index is 0.111. The molecule has 2 aromatic heterocycles. The summed E-state index contributed by atoms with van der Waals surface area (Å²) in [6.07, 6.45) is 0. The first-order valence-corrected chi connectivity index (χ1v) is 10.9. The molecule has 0 aliphatic heterocycles. The molecule has 0 saturated heterocycles. The molecular weight excluding hydrogens is 420 g/mol. The molecule has 1 N–H and O–H groups in total. The van der Waals surface area contributed by atoms with Gasteiger partial charge in [0.25, 0.3) is 0 Å². The normalized spacial score (nSPS) is 12.3. The van der Waals surface area contributed by atoms with Crippen LogP contribution in [0.5, 0.6) is 5.75 Å². The summed E-state index contributed by atoms with van der Waals surface area (Å²) in [5.41, 5.74) is 3.49. The van der Waals surface area contributed by atoms with E-state index in [0.29, 0.717) is 16.8 Å². The number of rotatable bonds is 6. The summed E-state index contributed by atoms with van der Waals surface area (Å²) in [5.74, 6) is 0.662. The third-order valence-corrected chi connectivity index (χ3v) is 5.99. The molecule has 0 aliphatic rings. The molecule has 1 unspecified atom stereocenters. The summed E-state index contributed by atoms with van der Waals surface area (Å²) in [5, 5.41) is 13.5. The number of fused-ring (bicyclic) bond motifs is 3. The Balaban J connectivity index is 1.57. The standard InChI is InChI=1S/C22H21ClN4O2S/c1-4-29-17-8-6-16(7-9-17)24-21(28)14(3)30-22-26-25-20-11-13(2)18-12-15(23)5-10-19(18)27(20)22/h5-12,14H,4H2,1-3H3,(H,24,28). The Morgan fingerprint density at radius 3 is 2.70 bits per heavy atom. The second-order valence-corrected chi connectivity index (χ2v) is 8.62. The number of pyridine rings is 1. The minimum atomic E-state index is -0.368. The molecule has 4 rings (SSSR count). The maximum atomic E-state index is 12.7. The molecule has 154 valence electrons. The first-order chi connectivity index (χ1) is 14.5. The fourth-order valence-electron chi connectivity index (χ4n) is 3.22. The van der Waals surface area contributed by atoms with E-state index in [4.69, 9.17) is 16.3 Å². The predicted octanol–water partition coefficient (Wildman–Crippen LogP) is 5.36. The van der Waals surface area contributed by atoms with Crippen LogP contribution >= 0.6 is 23.4 Å². The van der Waals surface area contributed by atoms with Gasteiger partial charge >= 0.3 is 0 Å². The van der Waals surface area contributed by atoms with Crippen molar-refractivity contribution >= 4 is 51.5 Å². The highest BCUT2D eigenvalue weighted by Gasteiger charge is 2.19. The van der Waals surface area contributed by atoms with Gasteiger partial charge in [-0.05, 0) is 74.9 Å². The maximum Gasteiger partial charge on any atom is 0.237 e. The zero-order chi connectivity index (χ0) is 21.3. The molecule has 0 fully saturated rings. The Bertz CT molecular complexity index is 1220. The van der Waals surface area contributed by atoms with E-state index in [1.165, 1.54) is 11.8 Å². The lowest BCUT2D eigenvalue weighted by molar-refractivity contribution is -0.115. The number of benzene rings is 2. The summed E-state index contributed by atoms with van der Waals surface area (Å²) in [4.78, 5) is 12.7. The number of carbonyl (C=O) groups excluding carboxylic acids is 1. The highest BCUT2D eigenvalue weighted by atomic mass is 35.5. The van der Waals surface area contributed by atoms with Gasteiger partial charge in [0.15, 0.2) is 10.8 Å². The molecule has 0 radical (unpaired) electrons. The van der Waals surface area contributed by atoms with Crippen molar-refractivity contribution in [2.45, 2.75) is 31.2 Å². The molecule has 0 spiro atoms. The van der Waals surface area contributed by atoms with Crippen LogP contribution in [0.3, 0.4) is 0 Å². The average Bonchev–Trinajstić information content (AvgIpc) is 3.12. The van der Waals surface area contributed by atoms with Crippen LogP contribution in [0.4, 0.5) is 5.69 Å². The van der Waals surface area contributed by atoms with Crippen molar-refractivity contribution in [3.05, 3.63) is 59.1 Å². The van der Waals surface area contributed by atoms with Crippen molar-refractivity contribution in [2.24, 2.45) is 0 Å². The Morgan fingerprint density at radius 1 is 1.20 bits per heavy atom. The Hall–Kier alpha value is -2.77. The fourth-order valence-corrected chi connectivity index (χ4v) is 4.26. The Labute approximate surface area is 183 Å². The third-order valence-electron chi connectivity index (χ3n) is 4.71. The van der Waals surface area contributed by atoms with Crippen LogP contribution in [-0.4, -0.2) is 32.4 Å². The van der Waals surface area contributed by atoms with E-state index in [9.17, 15) is 4.79 Å². The van der Waals surface area contributed by atoms with Gasteiger partial charge in [-0.1, -0.05) is 23.4 Å². The Kier molecular flexibility index (Phi) is 5.83. The van der Waals surface area contributed by atoms with Gasteiger partial charge in [0, 0.05) is 16.1 Å². The number of amides is 1. The van der Waals surface area contributed by atoms with E-state index < -0.39 is 0 Å². The summed E-state index contributed by atoms with van der Waals surface area (Å²) in [6.45, 7) is 6.41. The number of halogens is 1. The van der Waals surface area contributed by atoms with Crippen molar-refractivity contribution in [2.75, 3.05) is 11.9 Å². The van der Waals surface area contributed by atoms with E-state index in [1.54, 1.807) is 0 Å². The lowest BCUT2D eigenvalue weighted by atomic mass is 10.1. The van der Waals surface area contributed by atoms with E-state index in [1.807, 2.05) is 73.7 Å². The van der Waals surface area contributed by atoms with Crippen LogP contribution in [0.15, 0.2) is 53.7 Å². The van der Waals surface area contributed by atoms with E-state index >= 15 is 0 Å². The molecule has 0 saturated carbocycles. The number of nitrogens with one attached hydrogen (secondary N) is 1. The number of nitrogens with zero attached hydrogens (tertiary/aromatic N) is 3. The molecule has 6 nitrogen and oxygen atoms in total. The van der Waals surface area contributed by atoms with Gasteiger partial charge in [0.1, 0.15) is 5.75 Å². The molecule has 4 aromatic rings. The zero-order valence-corrected chi connectivity index (χ0v) is 18.4. The quantitative estimate of drug-likeness (QED) is 0.408. The first kappa shape index (κ1) is 20.5. The topological polar surface area (TPSA) is 68.5 Å². The van der Waals surface area contributed by atoms with Crippen molar-refractivity contribution < 1.29 is 9.53 Å². The van der Waals surface area contributed by atoms with Crippen LogP contribution < -0.4 is 10.1 Å². The summed E-state index contributed by atoms with van der Waals surface area (Å²) in [7, 11) is 0. The Morgan fingerprint density at radius 2 is 1.97 bits per heavy atom. The molecule has 8 heteroatoms. The molecule has 2 heterocycles. The fraction of sp³-hybridized carbons (Fsp3) is 0.227. The number of hydrogen-bond acceptors (Lipinski definition) is 5. The monoisotopic (exact) mass is 440 g/mol. The molecule has 2 aromatic carbocycles. The molecular formula is C22H21ClN4O2S. The summed E-state index contributed by atoms with van der Waals surface area (Å²) >= 11 is 7.54. The van der Waals surface area contributed by atoms with Crippen LogP contribution in [0, 0.1) is 6.92 Å². The number of carbonyl (C=O) groups is 1. The number of ether oxygens (including phenoxy) is 1. The zero-order valence-electron chi connectivity index (χ0n) is 16.8. The SMILES string of the molecule is CCOc1ccc(NC(=O)C(C)Sc2nnc3cc(C)c4cc(Cl)ccc4n23)cc1. The minimum Gasteiger partial charge on any atom is -0.494 e. The van der Waals surface area contributed by atoms with E-state index in [2.05, 4.69) is 15.5 Å². The summed E-state index contributed by atoms with van der Waals surface area (Å²) < 4.78 is 7.39. The number of hydrogen-bond donors (Lipinski definition) is 1. The van der Waals surface area contributed by atoms with Crippen molar-refractivity contribution in [3.8, 4) is 5.75 Å². The second kappa shape index (κ2) is 8.53. The van der Waals surface area contributed by atoms with Crippen molar-refractivity contribution in [1.82, 2.24) is 14.6 Å². The van der Waals surface area contributed by atoms with Gasteiger partial charge in [0.05, 0.1) is 17.4 Å². The summed E-state index contributed by atoms with van der Waals surface area (Å²) in [6, 6.07) is 15.0. The largest absolute Gasteiger partial charge is 0.494 e. The highest BCUT2D eigenvalue weighted by molar-refractivity contribution is 8.00. The average molecular weight is 441 g/mol. The van der Waals surface area contributed by atoms with Crippen LogP contribution in [-0.2, 0) is 4.79 Å². The van der Waals surface area contributed by atoms with Gasteiger partial charge in [-0.2, -0.15) is 0 Å². The molecule has 0 bridgehead atoms. The molecule has 0 aliphatic carbocycles. The van der Waals surface area contributed by atoms with Crippen LogP contribution in [0.1, 0.15) is 19.4 Å². The highest BCUT2D eigenvalue weighted by Crippen LogP contribution is 2.30. The van der Waals surface area contributed by atoms with Gasteiger partial charge < -0.3 is 10.1 Å². The number of anilines is 1. The molecule has 1 amide bonds. The van der Waals surface area contributed by atoms with Gasteiger partial charge in [0.2, 0.25) is 5.91 Å². The van der Waals surface area contributed by atoms with Crippen molar-refractivity contribution in [1.29, 1.82) is 0 Å². The lowest BCUT2D eigenvalue weighted by Gasteiger charge is -2.13. The van der Waals surface area contributed by atoms with Gasteiger partial charge in [-0.3, -0.25) is 9.20 Å². The maximum absolute atomic E-state index is 12.7. The number of aromatic nitrogens is 3.